The fourth-order valence-electron chi connectivity index (χ4n) is 6.84. The Morgan fingerprint density at radius 2 is 2.12 bits per heavy atom. The minimum Gasteiger partial charge on any atom is -0.508 e. The fraction of sp³-hybridized carbons (Fsp3) is 0.519. The van der Waals surface area contributed by atoms with Crippen molar-refractivity contribution in [2.75, 3.05) is 0 Å². The molecule has 1 aromatic heterocycles. The summed E-state index contributed by atoms with van der Waals surface area (Å²) in [5.41, 5.74) is 3.25. The van der Waals surface area contributed by atoms with Gasteiger partial charge in [-0.15, -0.1) is 0 Å². The summed E-state index contributed by atoms with van der Waals surface area (Å²) < 4.78 is 0. The number of benzene rings is 1. The number of aromatic hydroxyl groups is 1. The topological polar surface area (TPSA) is 79.3 Å². The number of fused-ring (bicyclic) bond motifs is 5. The molecule has 0 aliphatic heterocycles. The highest BCUT2D eigenvalue weighted by atomic mass is 16.3. The van der Waals surface area contributed by atoms with Crippen LogP contribution in [0, 0.1) is 23.2 Å². The monoisotopic (exact) mass is 432 g/mol. The number of amides is 1. The molecule has 3 aliphatic carbocycles. The zero-order chi connectivity index (χ0) is 22.3. The maximum absolute atomic E-state index is 13.4. The van der Waals surface area contributed by atoms with Gasteiger partial charge in [-0.2, -0.15) is 0 Å². The van der Waals surface area contributed by atoms with E-state index < -0.39 is 0 Å². The molecular weight excluding hydrogens is 400 g/mol. The van der Waals surface area contributed by atoms with E-state index in [1.807, 2.05) is 24.3 Å². The van der Waals surface area contributed by atoms with Crippen molar-refractivity contribution in [2.45, 2.75) is 64.3 Å². The summed E-state index contributed by atoms with van der Waals surface area (Å²) >= 11 is 0. The first-order chi connectivity index (χ1) is 15.5. The third-order valence-electron chi connectivity index (χ3n) is 8.48. The van der Waals surface area contributed by atoms with Gasteiger partial charge in [0.1, 0.15) is 11.5 Å². The summed E-state index contributed by atoms with van der Waals surface area (Å²) in [6, 6.07) is 11.5. The number of carbonyl (C=O) groups is 2. The number of aromatic nitrogens is 1. The summed E-state index contributed by atoms with van der Waals surface area (Å²) in [6.45, 7) is 2.61. The van der Waals surface area contributed by atoms with E-state index in [1.54, 1.807) is 12.3 Å². The Morgan fingerprint density at radius 3 is 2.94 bits per heavy atom. The maximum Gasteiger partial charge on any atom is 0.220 e. The Hall–Kier alpha value is -2.69. The molecule has 4 unspecified atom stereocenters. The van der Waals surface area contributed by atoms with Gasteiger partial charge in [-0.05, 0) is 91.7 Å². The highest BCUT2D eigenvalue weighted by Crippen LogP contribution is 2.61. The molecule has 5 atom stereocenters. The molecule has 5 nitrogen and oxygen atoms in total. The summed E-state index contributed by atoms with van der Waals surface area (Å²) in [7, 11) is 0. The lowest BCUT2D eigenvalue weighted by Gasteiger charge is -2.48. The number of aryl methyl sites for hydroxylation is 1. The first-order valence-electron chi connectivity index (χ1n) is 12.0. The van der Waals surface area contributed by atoms with Gasteiger partial charge >= 0.3 is 0 Å². The molecule has 1 amide bonds. The Balaban J connectivity index is 1.23. The van der Waals surface area contributed by atoms with Gasteiger partial charge in [0.2, 0.25) is 5.91 Å². The highest BCUT2D eigenvalue weighted by molar-refractivity contribution is 5.90. The van der Waals surface area contributed by atoms with Crippen LogP contribution in [0.1, 0.15) is 68.2 Å². The Morgan fingerprint density at radius 1 is 1.25 bits per heavy atom. The van der Waals surface area contributed by atoms with Crippen molar-refractivity contribution in [3.05, 3.63) is 59.4 Å². The summed E-state index contributed by atoms with van der Waals surface area (Å²) in [4.78, 5) is 30.1. The lowest BCUT2D eigenvalue weighted by Crippen LogP contribution is -2.42. The van der Waals surface area contributed by atoms with Crippen LogP contribution in [0.25, 0.3) is 0 Å². The number of phenolic OH excluding ortho intramolecular Hbond substituents is 1. The molecule has 3 aliphatic rings. The second-order valence-electron chi connectivity index (χ2n) is 10.2. The largest absolute Gasteiger partial charge is 0.508 e. The Labute approximate surface area is 189 Å². The number of ketones is 1. The summed E-state index contributed by atoms with van der Waals surface area (Å²) in [5, 5.41) is 12.8. The van der Waals surface area contributed by atoms with Crippen molar-refractivity contribution >= 4 is 11.7 Å². The second kappa shape index (κ2) is 8.34. The molecular formula is C27H32N2O3. The van der Waals surface area contributed by atoms with E-state index in [9.17, 15) is 14.7 Å². The van der Waals surface area contributed by atoms with Crippen LogP contribution >= 0.6 is 0 Å². The van der Waals surface area contributed by atoms with Crippen LogP contribution < -0.4 is 5.32 Å². The molecule has 2 saturated carbocycles. The van der Waals surface area contributed by atoms with Gasteiger partial charge in [0.25, 0.3) is 0 Å². The molecule has 1 aromatic carbocycles. The summed E-state index contributed by atoms with van der Waals surface area (Å²) in [6.07, 6.45) is 7.71. The molecule has 2 N–H and O–H groups in total. The first-order valence-corrected chi connectivity index (χ1v) is 12.0. The smallest absolute Gasteiger partial charge is 0.220 e. The lowest BCUT2D eigenvalue weighted by atomic mass is 9.55. The normalized spacial score (nSPS) is 30.8. The van der Waals surface area contributed by atoms with Crippen molar-refractivity contribution in [3.63, 3.8) is 0 Å². The van der Waals surface area contributed by atoms with Crippen molar-refractivity contribution in [2.24, 2.45) is 23.2 Å². The van der Waals surface area contributed by atoms with Crippen LogP contribution in [0.5, 0.6) is 5.75 Å². The number of nitrogens with zero attached hydrogens (tertiary/aromatic N) is 1. The zero-order valence-corrected chi connectivity index (χ0v) is 18.7. The molecule has 5 heteroatoms. The molecule has 5 rings (SSSR count). The van der Waals surface area contributed by atoms with Gasteiger partial charge in [-0.25, -0.2) is 0 Å². The zero-order valence-electron chi connectivity index (χ0n) is 18.7. The molecule has 2 aromatic rings. The van der Waals surface area contributed by atoms with Crippen LogP contribution in [0.2, 0.25) is 0 Å². The van der Waals surface area contributed by atoms with Crippen molar-refractivity contribution in [1.29, 1.82) is 0 Å². The number of phenols is 1. The number of carbonyl (C=O) groups excluding carboxylic acids is 2. The number of rotatable bonds is 5. The van der Waals surface area contributed by atoms with Crippen LogP contribution in [0.15, 0.2) is 42.6 Å². The Kier molecular flexibility index (Phi) is 5.52. The van der Waals surface area contributed by atoms with Gasteiger partial charge in [-0.1, -0.05) is 19.1 Å². The van der Waals surface area contributed by atoms with Gasteiger partial charge in [0, 0.05) is 24.0 Å². The quantitative estimate of drug-likeness (QED) is 0.727. The van der Waals surface area contributed by atoms with Gasteiger partial charge in [0.05, 0.1) is 12.2 Å². The van der Waals surface area contributed by atoms with Gasteiger partial charge in [0.15, 0.2) is 0 Å². The van der Waals surface area contributed by atoms with Crippen LogP contribution in [0.4, 0.5) is 0 Å². The predicted molar refractivity (Wildman–Crippen MR) is 122 cm³/mol. The van der Waals surface area contributed by atoms with E-state index >= 15 is 0 Å². The van der Waals surface area contributed by atoms with Crippen LogP contribution in [-0.4, -0.2) is 21.8 Å². The standard InChI is InChI=1S/C27H32N2O3/c1-27-12-11-22-21-9-7-20(30)14-17(21)5-8-23(22)24(27)15-18(26(27)32)6-10-25(31)29-16-19-4-2-3-13-28-19/h2-4,7,9,13-14,18,22-24,30H,5-6,8,10-12,15-16H2,1H3,(H,29,31)/t18?,22?,23?,24?,27-/m0/s1. The van der Waals surface area contributed by atoms with E-state index in [1.165, 1.54) is 11.1 Å². The molecule has 2 fully saturated rings. The molecule has 1 heterocycles. The number of hydrogen-bond donors (Lipinski definition) is 2. The minimum absolute atomic E-state index is 0.00671. The molecule has 0 spiro atoms. The third kappa shape index (κ3) is 3.72. The number of Topliss-reactive ketones (excluding diaryl/α,β-unsaturated/α-hetero) is 1. The highest BCUT2D eigenvalue weighted by Gasteiger charge is 2.57. The first kappa shape index (κ1) is 21.2. The van der Waals surface area contributed by atoms with E-state index in [0.717, 1.165) is 37.8 Å². The van der Waals surface area contributed by atoms with Gasteiger partial charge in [-0.3, -0.25) is 14.6 Å². The minimum atomic E-state index is -0.245. The fourth-order valence-corrected chi connectivity index (χ4v) is 6.84. The predicted octanol–water partition coefficient (Wildman–Crippen LogP) is 4.54. The van der Waals surface area contributed by atoms with Gasteiger partial charge < -0.3 is 10.4 Å². The third-order valence-corrected chi connectivity index (χ3v) is 8.48. The van der Waals surface area contributed by atoms with Crippen LogP contribution in [-0.2, 0) is 22.6 Å². The number of hydrogen-bond acceptors (Lipinski definition) is 4. The van der Waals surface area contributed by atoms with E-state index in [0.29, 0.717) is 48.7 Å². The molecule has 168 valence electrons. The molecule has 0 bridgehead atoms. The summed E-state index contributed by atoms with van der Waals surface area (Å²) in [5.74, 6) is 2.13. The SMILES string of the molecule is C[C@]12CCC3c4ccc(O)cc4CCC3C1CC(CCC(=O)NCc1ccccn1)C2=O. The average Bonchev–Trinajstić information content (AvgIpc) is 3.07. The average molecular weight is 433 g/mol. The number of nitrogens with one attached hydrogen (secondary N) is 1. The van der Waals surface area contributed by atoms with E-state index in [2.05, 4.69) is 23.3 Å². The lowest BCUT2D eigenvalue weighted by molar-refractivity contribution is -0.132. The van der Waals surface area contributed by atoms with Crippen molar-refractivity contribution in [1.82, 2.24) is 10.3 Å². The molecule has 32 heavy (non-hydrogen) atoms. The Bertz CT molecular complexity index is 1020. The van der Waals surface area contributed by atoms with Crippen molar-refractivity contribution < 1.29 is 14.7 Å². The van der Waals surface area contributed by atoms with E-state index in [4.69, 9.17) is 0 Å². The maximum atomic E-state index is 13.4. The van der Waals surface area contributed by atoms with E-state index in [-0.39, 0.29) is 17.2 Å². The molecule has 0 radical (unpaired) electrons. The number of pyridine rings is 1. The second-order valence-corrected chi connectivity index (χ2v) is 10.2. The van der Waals surface area contributed by atoms with Crippen molar-refractivity contribution in [3.8, 4) is 5.75 Å². The molecule has 0 saturated heterocycles. The van der Waals surface area contributed by atoms with Crippen LogP contribution in [0.3, 0.4) is 0 Å².